The molecule has 4 aliphatic carbocycles. The molecule has 5 heteroatoms. The van der Waals surface area contributed by atoms with Crippen molar-refractivity contribution in [2.45, 2.75) is 76.7 Å². The van der Waals surface area contributed by atoms with Crippen molar-refractivity contribution < 1.29 is 9.90 Å². The van der Waals surface area contributed by atoms with Crippen LogP contribution in [0.5, 0.6) is 0 Å². The fraction of sp³-hybridized carbons (Fsp3) is 0.850. The number of Topliss-reactive ketones (excluding diaryl/α,β-unsaturated/α-hetero) is 1. The highest BCUT2D eigenvalue weighted by molar-refractivity contribution is 5.82. The van der Waals surface area contributed by atoms with Crippen molar-refractivity contribution in [1.29, 1.82) is 0 Å². The molecule has 25 heavy (non-hydrogen) atoms. The predicted octanol–water partition coefficient (Wildman–Crippen LogP) is 4.70. The third-order valence-corrected chi connectivity index (χ3v) is 8.23. The number of hydrogen-bond donors (Lipinski definition) is 1. The first kappa shape index (κ1) is 17.1. The summed E-state index contributed by atoms with van der Waals surface area (Å²) in [5, 5.41) is 15.2. The molecule has 1 N–H and O–H groups in total. The number of rotatable bonds is 3. The molecule has 0 aromatic heterocycles. The summed E-state index contributed by atoms with van der Waals surface area (Å²) in [6.45, 7) is 2.42. The summed E-state index contributed by atoms with van der Waals surface area (Å²) in [6, 6.07) is 0. The Hall–Kier alpha value is -1.32. The number of aliphatic hydroxyl groups is 1. The molecule has 0 aliphatic heterocycles. The van der Waals surface area contributed by atoms with Crippen molar-refractivity contribution in [3.8, 4) is 0 Å². The van der Waals surface area contributed by atoms with Gasteiger partial charge >= 0.3 is 0 Å². The van der Waals surface area contributed by atoms with E-state index in [9.17, 15) is 9.90 Å². The van der Waals surface area contributed by atoms with E-state index in [2.05, 4.69) is 16.9 Å². The number of nitrogens with zero attached hydrogens (tertiary/aromatic N) is 3. The standard InChI is InChI=1S/C20H29N3O2/c1-2-19-9-7-16-15-6-4-14(24)11-13(15)3-5-17(16)18(19)8-10-20(19,25)12-22-23-21/h16-18,25H,2-12H2,1H3/t16-,17-,18+,19+,20-/m1/s1. The maximum absolute atomic E-state index is 11.8. The van der Waals surface area contributed by atoms with E-state index in [1.54, 1.807) is 5.57 Å². The smallest absolute Gasteiger partial charge is 0.137 e. The van der Waals surface area contributed by atoms with E-state index in [1.807, 2.05) is 0 Å². The molecule has 136 valence electrons. The van der Waals surface area contributed by atoms with E-state index in [1.165, 1.54) is 12.0 Å². The van der Waals surface area contributed by atoms with Crippen molar-refractivity contribution in [2.75, 3.05) is 6.54 Å². The van der Waals surface area contributed by atoms with Gasteiger partial charge in [-0.3, -0.25) is 4.79 Å². The van der Waals surface area contributed by atoms with Gasteiger partial charge in [0.25, 0.3) is 0 Å². The average Bonchev–Trinajstić information content (AvgIpc) is 2.93. The van der Waals surface area contributed by atoms with Crippen LogP contribution >= 0.6 is 0 Å². The van der Waals surface area contributed by atoms with E-state index in [0.717, 1.165) is 51.4 Å². The lowest BCUT2D eigenvalue weighted by Crippen LogP contribution is -2.54. The Labute approximate surface area is 149 Å². The van der Waals surface area contributed by atoms with E-state index >= 15 is 0 Å². The lowest BCUT2D eigenvalue weighted by atomic mass is 9.51. The fourth-order valence-corrected chi connectivity index (χ4v) is 7.13. The maximum atomic E-state index is 11.8. The molecule has 0 heterocycles. The predicted molar refractivity (Wildman–Crippen MR) is 95.7 cm³/mol. The van der Waals surface area contributed by atoms with E-state index < -0.39 is 5.60 Å². The summed E-state index contributed by atoms with van der Waals surface area (Å²) in [5.74, 6) is 2.21. The highest BCUT2D eigenvalue weighted by Crippen LogP contribution is 2.65. The molecule has 0 amide bonds. The van der Waals surface area contributed by atoms with Crippen molar-refractivity contribution in [3.05, 3.63) is 21.6 Å². The molecule has 5 nitrogen and oxygen atoms in total. The first-order chi connectivity index (χ1) is 12.0. The Morgan fingerprint density at radius 2 is 2.08 bits per heavy atom. The SMILES string of the molecule is CC[C@]12CC[C@@H]3C4=C(CC[C@H]3[C@@H]1CC[C@@]2(O)CN=[N+]=[N-])CC(=O)CC4. The van der Waals surface area contributed by atoms with Crippen LogP contribution in [0, 0.1) is 23.2 Å². The lowest BCUT2D eigenvalue weighted by molar-refractivity contribution is -0.120. The Morgan fingerprint density at radius 1 is 1.24 bits per heavy atom. The number of ketones is 1. The van der Waals surface area contributed by atoms with Crippen LogP contribution in [0.1, 0.15) is 71.1 Å². The van der Waals surface area contributed by atoms with Crippen LogP contribution in [-0.4, -0.2) is 23.0 Å². The lowest BCUT2D eigenvalue weighted by Gasteiger charge is -2.55. The van der Waals surface area contributed by atoms with E-state index in [-0.39, 0.29) is 12.0 Å². The third-order valence-electron chi connectivity index (χ3n) is 8.23. The van der Waals surface area contributed by atoms with Gasteiger partial charge in [0.2, 0.25) is 0 Å². The number of carbonyl (C=O) groups is 1. The first-order valence-corrected chi connectivity index (χ1v) is 10.0. The molecule has 0 spiro atoms. The van der Waals surface area contributed by atoms with Crippen LogP contribution < -0.4 is 0 Å². The molecular formula is C20H29N3O2. The third kappa shape index (κ3) is 2.39. The maximum Gasteiger partial charge on any atom is 0.137 e. The minimum absolute atomic E-state index is 0.0924. The summed E-state index contributed by atoms with van der Waals surface area (Å²) in [6.07, 6.45) is 9.57. The van der Waals surface area contributed by atoms with Crippen LogP contribution in [0.3, 0.4) is 0 Å². The van der Waals surface area contributed by atoms with Crippen LogP contribution in [0.25, 0.3) is 10.4 Å². The molecule has 2 fully saturated rings. The molecule has 4 aliphatic rings. The quantitative estimate of drug-likeness (QED) is 0.348. The molecule has 0 aromatic rings. The van der Waals surface area contributed by atoms with Gasteiger partial charge in [-0.25, -0.2) is 0 Å². The number of hydrogen-bond acceptors (Lipinski definition) is 3. The topological polar surface area (TPSA) is 86.1 Å². The molecule has 0 saturated heterocycles. The van der Waals surface area contributed by atoms with Crippen molar-refractivity contribution in [1.82, 2.24) is 0 Å². The van der Waals surface area contributed by atoms with E-state index in [0.29, 0.717) is 30.0 Å². The van der Waals surface area contributed by atoms with Gasteiger partial charge in [0, 0.05) is 23.2 Å². The Kier molecular flexibility index (Phi) is 4.20. The highest BCUT2D eigenvalue weighted by Gasteiger charge is 2.62. The van der Waals surface area contributed by atoms with Gasteiger partial charge in [0.1, 0.15) is 5.78 Å². The van der Waals surface area contributed by atoms with Crippen LogP contribution in [-0.2, 0) is 4.79 Å². The molecular weight excluding hydrogens is 314 g/mol. The van der Waals surface area contributed by atoms with Gasteiger partial charge < -0.3 is 5.11 Å². The second-order valence-corrected chi connectivity index (χ2v) is 8.77. The number of fused-ring (bicyclic) bond motifs is 4. The molecule has 4 rings (SSSR count). The number of azide groups is 1. The van der Waals surface area contributed by atoms with Crippen molar-refractivity contribution >= 4 is 5.78 Å². The zero-order valence-corrected chi connectivity index (χ0v) is 15.2. The summed E-state index contributed by atoms with van der Waals surface area (Å²) < 4.78 is 0. The first-order valence-electron chi connectivity index (χ1n) is 10.0. The van der Waals surface area contributed by atoms with E-state index in [4.69, 9.17) is 5.53 Å². The van der Waals surface area contributed by atoms with Gasteiger partial charge in [-0.1, -0.05) is 23.2 Å². The molecule has 0 radical (unpaired) electrons. The minimum Gasteiger partial charge on any atom is -0.389 e. The second-order valence-electron chi connectivity index (χ2n) is 8.77. The number of allylic oxidation sites excluding steroid dienone is 2. The Balaban J connectivity index is 1.65. The normalized spacial score (nSPS) is 43.1. The summed E-state index contributed by atoms with van der Waals surface area (Å²) in [5.41, 5.74) is 10.9. The summed E-state index contributed by atoms with van der Waals surface area (Å²) in [7, 11) is 0. The van der Waals surface area contributed by atoms with Crippen LogP contribution in [0.2, 0.25) is 0 Å². The second kappa shape index (κ2) is 6.14. The highest BCUT2D eigenvalue weighted by atomic mass is 16.3. The van der Waals surface area contributed by atoms with Gasteiger partial charge in [-0.05, 0) is 74.7 Å². The molecule has 2 saturated carbocycles. The molecule has 5 atom stereocenters. The fourth-order valence-electron chi connectivity index (χ4n) is 7.13. The van der Waals surface area contributed by atoms with Crippen molar-refractivity contribution in [3.63, 3.8) is 0 Å². The summed E-state index contributed by atoms with van der Waals surface area (Å²) in [4.78, 5) is 14.8. The van der Waals surface area contributed by atoms with Gasteiger partial charge in [0.15, 0.2) is 0 Å². The Bertz CT molecular complexity index is 666. The van der Waals surface area contributed by atoms with Gasteiger partial charge in [-0.15, -0.1) is 0 Å². The average molecular weight is 343 g/mol. The van der Waals surface area contributed by atoms with Crippen molar-refractivity contribution in [2.24, 2.45) is 28.3 Å². The monoisotopic (exact) mass is 343 g/mol. The largest absolute Gasteiger partial charge is 0.389 e. The van der Waals surface area contributed by atoms with Gasteiger partial charge in [-0.2, -0.15) is 0 Å². The molecule has 0 unspecified atom stereocenters. The zero-order valence-electron chi connectivity index (χ0n) is 15.2. The number of carbonyl (C=O) groups excluding carboxylic acids is 1. The van der Waals surface area contributed by atoms with Crippen LogP contribution in [0.4, 0.5) is 0 Å². The Morgan fingerprint density at radius 3 is 2.84 bits per heavy atom. The zero-order chi connectivity index (χ0) is 17.7. The van der Waals surface area contributed by atoms with Gasteiger partial charge in [0.05, 0.1) is 12.1 Å². The minimum atomic E-state index is -0.833. The molecule has 0 bridgehead atoms. The summed E-state index contributed by atoms with van der Waals surface area (Å²) >= 11 is 0. The molecule has 0 aromatic carbocycles. The van der Waals surface area contributed by atoms with Crippen LogP contribution in [0.15, 0.2) is 16.3 Å².